The summed E-state index contributed by atoms with van der Waals surface area (Å²) < 4.78 is 0. The van der Waals surface area contributed by atoms with E-state index in [9.17, 15) is 5.11 Å². The maximum atomic E-state index is 10.8. The van der Waals surface area contributed by atoms with Gasteiger partial charge in [0.15, 0.2) is 0 Å². The Labute approximate surface area is 130 Å². The van der Waals surface area contributed by atoms with Crippen LogP contribution in [-0.4, -0.2) is 10.7 Å². The monoisotopic (exact) mass is 288 g/mol. The molecule has 118 valence electrons. The fourth-order valence-corrected chi connectivity index (χ4v) is 5.30. The zero-order chi connectivity index (χ0) is 15.4. The minimum absolute atomic E-state index is 0.284. The van der Waals surface area contributed by atoms with Crippen molar-refractivity contribution in [3.05, 3.63) is 23.8 Å². The van der Waals surface area contributed by atoms with Gasteiger partial charge in [-0.15, -0.1) is 0 Å². The van der Waals surface area contributed by atoms with Gasteiger partial charge in [0.25, 0.3) is 0 Å². The van der Waals surface area contributed by atoms with E-state index in [0.717, 1.165) is 31.1 Å². The highest BCUT2D eigenvalue weighted by Crippen LogP contribution is 2.53. The first-order chi connectivity index (χ1) is 9.71. The van der Waals surface area contributed by atoms with E-state index in [2.05, 4.69) is 33.4 Å². The molecule has 3 rings (SSSR count). The van der Waals surface area contributed by atoms with Crippen LogP contribution in [0.1, 0.15) is 66.2 Å². The summed E-state index contributed by atoms with van der Waals surface area (Å²) in [7, 11) is 0. The number of allylic oxidation sites excluding steroid dienone is 2. The first-order valence-electron chi connectivity index (χ1n) is 8.82. The molecule has 0 radical (unpaired) electrons. The molecule has 1 N–H and O–H groups in total. The van der Waals surface area contributed by atoms with E-state index in [-0.39, 0.29) is 5.92 Å². The number of rotatable bonds is 0. The molecule has 2 bridgehead atoms. The van der Waals surface area contributed by atoms with Crippen LogP contribution in [0.5, 0.6) is 0 Å². The minimum atomic E-state index is -0.542. The topological polar surface area (TPSA) is 20.2 Å². The van der Waals surface area contributed by atoms with Crippen LogP contribution in [0.25, 0.3) is 0 Å². The summed E-state index contributed by atoms with van der Waals surface area (Å²) in [6.45, 7) is 13.7. The average Bonchev–Trinajstić information content (AvgIpc) is 2.68. The third kappa shape index (κ3) is 2.63. The molecule has 2 fully saturated rings. The van der Waals surface area contributed by atoms with E-state index in [1.54, 1.807) is 5.57 Å². The largest absolute Gasteiger partial charge is 0.390 e. The van der Waals surface area contributed by atoms with Gasteiger partial charge in [0.1, 0.15) is 0 Å². The van der Waals surface area contributed by atoms with Gasteiger partial charge >= 0.3 is 0 Å². The molecule has 0 saturated heterocycles. The molecule has 0 aromatic carbocycles. The van der Waals surface area contributed by atoms with Crippen LogP contribution < -0.4 is 0 Å². The zero-order valence-corrected chi connectivity index (χ0v) is 14.3. The number of aliphatic hydroxyl groups is 1. The maximum Gasteiger partial charge on any atom is 0.0688 e. The second kappa shape index (κ2) is 4.98. The van der Waals surface area contributed by atoms with Gasteiger partial charge in [-0.2, -0.15) is 0 Å². The Bertz CT molecular complexity index is 468. The molecular weight excluding hydrogens is 256 g/mol. The van der Waals surface area contributed by atoms with Crippen molar-refractivity contribution in [1.82, 2.24) is 0 Å². The Morgan fingerprint density at radius 3 is 2.67 bits per heavy atom. The standard InChI is InChI=1S/C20H32O/c1-13-6-7-15-10-16(19(3,4)12-14(15)2)11-18-17(13)8-9-20(18,5)21/h11,14-15,17-18,21H,1,6-10,12H2,2-5H3/b16-11+/t14-,15+,17-,18+,20+/m0/s1. The van der Waals surface area contributed by atoms with E-state index in [1.165, 1.54) is 24.8 Å². The quantitative estimate of drug-likeness (QED) is 0.614. The Morgan fingerprint density at radius 1 is 1.24 bits per heavy atom. The van der Waals surface area contributed by atoms with Crippen molar-refractivity contribution in [3.63, 3.8) is 0 Å². The van der Waals surface area contributed by atoms with Crippen LogP contribution in [-0.2, 0) is 0 Å². The molecule has 5 atom stereocenters. The lowest BCUT2D eigenvalue weighted by Crippen LogP contribution is -2.34. The van der Waals surface area contributed by atoms with Gasteiger partial charge in [-0.25, -0.2) is 0 Å². The number of fused-ring (bicyclic) bond motifs is 3. The molecule has 0 unspecified atom stereocenters. The van der Waals surface area contributed by atoms with Crippen molar-refractivity contribution in [1.29, 1.82) is 0 Å². The molecule has 2 saturated carbocycles. The maximum absolute atomic E-state index is 10.8. The lowest BCUT2D eigenvalue weighted by Gasteiger charge is -2.42. The van der Waals surface area contributed by atoms with Crippen LogP contribution in [0.3, 0.4) is 0 Å². The number of hydrogen-bond acceptors (Lipinski definition) is 1. The Hall–Kier alpha value is -0.560. The molecule has 0 aromatic rings. The SMILES string of the molecule is C=C1CC[C@@H]2C/C(=C\[C@@H]3[C@H]1CC[C@@]3(C)O)C(C)(C)C[C@@H]2C. The Kier molecular flexibility index (Phi) is 3.64. The molecule has 1 nitrogen and oxygen atoms in total. The lowest BCUT2D eigenvalue weighted by atomic mass is 9.63. The second-order valence-electron chi connectivity index (χ2n) is 8.95. The summed E-state index contributed by atoms with van der Waals surface area (Å²) in [5.41, 5.74) is 2.76. The molecule has 21 heavy (non-hydrogen) atoms. The summed E-state index contributed by atoms with van der Waals surface area (Å²) in [5, 5.41) is 10.8. The van der Waals surface area contributed by atoms with Gasteiger partial charge < -0.3 is 5.11 Å². The van der Waals surface area contributed by atoms with Gasteiger partial charge in [0.05, 0.1) is 5.60 Å². The molecule has 3 aliphatic carbocycles. The van der Waals surface area contributed by atoms with Crippen molar-refractivity contribution in [2.45, 2.75) is 71.8 Å². The third-order valence-corrected chi connectivity index (χ3v) is 6.84. The summed E-state index contributed by atoms with van der Waals surface area (Å²) in [6, 6.07) is 0. The van der Waals surface area contributed by atoms with Crippen molar-refractivity contribution >= 4 is 0 Å². The second-order valence-corrected chi connectivity index (χ2v) is 8.95. The predicted molar refractivity (Wildman–Crippen MR) is 89.0 cm³/mol. The van der Waals surface area contributed by atoms with Crippen LogP contribution in [0.2, 0.25) is 0 Å². The fourth-order valence-electron chi connectivity index (χ4n) is 5.30. The zero-order valence-electron chi connectivity index (χ0n) is 14.3. The average molecular weight is 288 g/mol. The molecular formula is C20H32O. The van der Waals surface area contributed by atoms with Gasteiger partial charge in [-0.3, -0.25) is 0 Å². The van der Waals surface area contributed by atoms with Crippen LogP contribution in [0.4, 0.5) is 0 Å². The molecule has 3 aliphatic rings. The number of hydrogen-bond donors (Lipinski definition) is 1. The van der Waals surface area contributed by atoms with Crippen molar-refractivity contribution in [3.8, 4) is 0 Å². The molecule has 1 heteroatoms. The van der Waals surface area contributed by atoms with Gasteiger partial charge in [0.2, 0.25) is 0 Å². The van der Waals surface area contributed by atoms with E-state index in [0.29, 0.717) is 11.3 Å². The summed E-state index contributed by atoms with van der Waals surface area (Å²) in [6.07, 6.45) is 9.49. The Balaban J connectivity index is 2.03. The van der Waals surface area contributed by atoms with E-state index in [4.69, 9.17) is 0 Å². The van der Waals surface area contributed by atoms with E-state index in [1.807, 2.05) is 6.92 Å². The van der Waals surface area contributed by atoms with Crippen molar-refractivity contribution < 1.29 is 5.11 Å². The van der Waals surface area contributed by atoms with Gasteiger partial charge in [0, 0.05) is 5.92 Å². The lowest BCUT2D eigenvalue weighted by molar-refractivity contribution is 0.0321. The summed E-state index contributed by atoms with van der Waals surface area (Å²) >= 11 is 0. The fraction of sp³-hybridized carbons (Fsp3) is 0.800. The highest BCUT2D eigenvalue weighted by atomic mass is 16.3. The van der Waals surface area contributed by atoms with Crippen LogP contribution in [0.15, 0.2) is 23.8 Å². The van der Waals surface area contributed by atoms with Crippen LogP contribution in [0, 0.1) is 29.1 Å². The predicted octanol–water partition coefficient (Wildman–Crippen LogP) is 5.11. The molecule has 0 aromatic heterocycles. The minimum Gasteiger partial charge on any atom is -0.390 e. The molecule has 0 aliphatic heterocycles. The smallest absolute Gasteiger partial charge is 0.0688 e. The third-order valence-electron chi connectivity index (χ3n) is 6.84. The highest BCUT2D eigenvalue weighted by Gasteiger charge is 2.46. The van der Waals surface area contributed by atoms with Crippen molar-refractivity contribution in [2.24, 2.45) is 29.1 Å². The summed E-state index contributed by atoms with van der Waals surface area (Å²) in [5.74, 6) is 2.40. The highest BCUT2D eigenvalue weighted by molar-refractivity contribution is 5.25. The molecule has 0 heterocycles. The van der Waals surface area contributed by atoms with E-state index < -0.39 is 5.60 Å². The van der Waals surface area contributed by atoms with Crippen molar-refractivity contribution in [2.75, 3.05) is 0 Å². The van der Waals surface area contributed by atoms with Crippen LogP contribution >= 0.6 is 0 Å². The van der Waals surface area contributed by atoms with E-state index >= 15 is 0 Å². The normalized spacial score (nSPS) is 48.6. The molecule has 0 spiro atoms. The Morgan fingerprint density at radius 2 is 1.95 bits per heavy atom. The van der Waals surface area contributed by atoms with Gasteiger partial charge in [-0.1, -0.05) is 44.6 Å². The first kappa shape index (κ1) is 15.3. The first-order valence-corrected chi connectivity index (χ1v) is 8.82. The van der Waals surface area contributed by atoms with Gasteiger partial charge in [-0.05, 0) is 68.6 Å². The summed E-state index contributed by atoms with van der Waals surface area (Å²) in [4.78, 5) is 0. The molecule has 0 amide bonds.